The summed E-state index contributed by atoms with van der Waals surface area (Å²) in [5.74, 6) is 0.703. The summed E-state index contributed by atoms with van der Waals surface area (Å²) < 4.78 is 1.78. The lowest BCUT2D eigenvalue weighted by Crippen LogP contribution is -2.43. The Bertz CT molecular complexity index is 441. The zero-order valence-electron chi connectivity index (χ0n) is 12.1. The fourth-order valence-electron chi connectivity index (χ4n) is 2.68. The lowest BCUT2D eigenvalue weighted by Gasteiger charge is -2.29. The third-order valence-electron chi connectivity index (χ3n) is 3.93. The van der Waals surface area contributed by atoms with Crippen molar-refractivity contribution in [1.29, 1.82) is 0 Å². The molecule has 0 saturated carbocycles. The monoisotopic (exact) mass is 264 g/mol. The van der Waals surface area contributed by atoms with E-state index in [-0.39, 0.29) is 5.91 Å². The molecule has 2 unspecified atom stereocenters. The first-order valence-electron chi connectivity index (χ1n) is 7.05. The molecule has 1 aliphatic heterocycles. The number of nitrogens with one attached hydrogen (secondary N) is 2. The largest absolute Gasteiger partial charge is 0.352 e. The van der Waals surface area contributed by atoms with Gasteiger partial charge in [-0.15, -0.1) is 0 Å². The molecule has 0 aromatic carbocycles. The van der Waals surface area contributed by atoms with Crippen LogP contribution >= 0.6 is 0 Å². The van der Waals surface area contributed by atoms with Gasteiger partial charge in [-0.05, 0) is 32.2 Å². The van der Waals surface area contributed by atoms with Gasteiger partial charge in [0.25, 0.3) is 0 Å². The Kier molecular flexibility index (Phi) is 4.58. The van der Waals surface area contributed by atoms with E-state index in [1.807, 2.05) is 20.2 Å². The molecule has 0 spiro atoms. The molecule has 0 radical (unpaired) electrons. The lowest BCUT2D eigenvalue weighted by atomic mass is 9.90. The third-order valence-corrected chi connectivity index (χ3v) is 3.93. The number of nitrogens with zero attached hydrogens (tertiary/aromatic N) is 2. The summed E-state index contributed by atoms with van der Waals surface area (Å²) >= 11 is 0. The SMILES string of the molecule is Cc1nn(C)cc1CNC(=O)CC1NCCCC1C. The molecule has 1 aliphatic rings. The van der Waals surface area contributed by atoms with E-state index < -0.39 is 0 Å². The molecule has 19 heavy (non-hydrogen) atoms. The Morgan fingerprint density at radius 1 is 1.63 bits per heavy atom. The van der Waals surface area contributed by atoms with Gasteiger partial charge in [0.2, 0.25) is 5.91 Å². The quantitative estimate of drug-likeness (QED) is 0.857. The van der Waals surface area contributed by atoms with E-state index >= 15 is 0 Å². The van der Waals surface area contributed by atoms with Crippen molar-refractivity contribution in [3.63, 3.8) is 0 Å². The van der Waals surface area contributed by atoms with Crippen molar-refractivity contribution in [1.82, 2.24) is 20.4 Å². The number of aryl methyl sites for hydroxylation is 2. The average Bonchev–Trinajstić information content (AvgIpc) is 2.68. The van der Waals surface area contributed by atoms with Crippen LogP contribution in [0.25, 0.3) is 0 Å². The highest BCUT2D eigenvalue weighted by molar-refractivity contribution is 5.76. The van der Waals surface area contributed by atoms with E-state index in [1.54, 1.807) is 4.68 Å². The Morgan fingerprint density at radius 2 is 2.42 bits per heavy atom. The van der Waals surface area contributed by atoms with Crippen molar-refractivity contribution in [2.45, 2.75) is 45.7 Å². The second-order valence-corrected chi connectivity index (χ2v) is 5.57. The van der Waals surface area contributed by atoms with Gasteiger partial charge < -0.3 is 10.6 Å². The fraction of sp³-hybridized carbons (Fsp3) is 0.714. The van der Waals surface area contributed by atoms with Crippen LogP contribution in [0, 0.1) is 12.8 Å². The van der Waals surface area contributed by atoms with Gasteiger partial charge in [-0.3, -0.25) is 9.48 Å². The third kappa shape index (κ3) is 3.80. The molecule has 1 aromatic rings. The van der Waals surface area contributed by atoms with Crippen LogP contribution in [0.3, 0.4) is 0 Å². The summed E-state index contributed by atoms with van der Waals surface area (Å²) in [6.07, 6.45) is 4.96. The Balaban J connectivity index is 1.79. The van der Waals surface area contributed by atoms with E-state index in [0.29, 0.717) is 24.9 Å². The van der Waals surface area contributed by atoms with Gasteiger partial charge in [0.1, 0.15) is 0 Å². The summed E-state index contributed by atoms with van der Waals surface area (Å²) in [6.45, 7) is 5.78. The lowest BCUT2D eigenvalue weighted by molar-refractivity contribution is -0.122. The van der Waals surface area contributed by atoms with Gasteiger partial charge in [-0.25, -0.2) is 0 Å². The topological polar surface area (TPSA) is 59.0 Å². The predicted molar refractivity (Wildman–Crippen MR) is 74.6 cm³/mol. The van der Waals surface area contributed by atoms with Gasteiger partial charge in [0.05, 0.1) is 5.69 Å². The van der Waals surface area contributed by atoms with Gasteiger partial charge >= 0.3 is 0 Å². The number of aromatic nitrogens is 2. The summed E-state index contributed by atoms with van der Waals surface area (Å²) in [5, 5.41) is 10.7. The van der Waals surface area contributed by atoms with Gasteiger partial charge in [0.15, 0.2) is 0 Å². The number of amides is 1. The summed E-state index contributed by atoms with van der Waals surface area (Å²) in [7, 11) is 1.89. The van der Waals surface area contributed by atoms with Crippen LogP contribution in [-0.4, -0.2) is 28.3 Å². The molecule has 5 nitrogen and oxygen atoms in total. The standard InChI is InChI=1S/C14H24N4O/c1-10-5-4-6-15-13(10)7-14(19)16-8-12-9-18(3)17-11(12)2/h9-10,13,15H,4-8H2,1-3H3,(H,16,19). The maximum Gasteiger partial charge on any atom is 0.221 e. The molecule has 2 atom stereocenters. The highest BCUT2D eigenvalue weighted by atomic mass is 16.1. The Hall–Kier alpha value is -1.36. The van der Waals surface area contributed by atoms with Gasteiger partial charge in [-0.2, -0.15) is 5.10 Å². The van der Waals surface area contributed by atoms with Crippen molar-refractivity contribution in [2.24, 2.45) is 13.0 Å². The molecule has 2 rings (SSSR count). The van der Waals surface area contributed by atoms with Crippen molar-refractivity contribution in [3.05, 3.63) is 17.5 Å². The molecule has 1 fully saturated rings. The minimum absolute atomic E-state index is 0.120. The maximum absolute atomic E-state index is 12.0. The molecule has 106 valence electrons. The molecule has 2 heterocycles. The van der Waals surface area contributed by atoms with Crippen LogP contribution in [0.1, 0.15) is 37.4 Å². The van der Waals surface area contributed by atoms with E-state index in [0.717, 1.165) is 17.8 Å². The van der Waals surface area contributed by atoms with Crippen LogP contribution in [0.5, 0.6) is 0 Å². The van der Waals surface area contributed by atoms with E-state index in [9.17, 15) is 4.79 Å². The molecular weight excluding hydrogens is 240 g/mol. The van der Waals surface area contributed by atoms with Crippen LogP contribution in [0.2, 0.25) is 0 Å². The molecule has 0 bridgehead atoms. The normalized spacial score (nSPS) is 23.3. The Labute approximate surface area is 114 Å². The van der Waals surface area contributed by atoms with Gasteiger partial charge in [0, 0.05) is 37.8 Å². The number of rotatable bonds is 4. The summed E-state index contributed by atoms with van der Waals surface area (Å²) in [4.78, 5) is 12.0. The molecule has 0 aliphatic carbocycles. The van der Waals surface area contributed by atoms with E-state index in [1.165, 1.54) is 12.8 Å². The van der Waals surface area contributed by atoms with Crippen molar-refractivity contribution < 1.29 is 4.79 Å². The highest BCUT2D eigenvalue weighted by Crippen LogP contribution is 2.17. The number of carbonyl (C=O) groups is 1. The molecule has 1 amide bonds. The van der Waals surface area contributed by atoms with Crippen LogP contribution < -0.4 is 10.6 Å². The second kappa shape index (κ2) is 6.19. The smallest absolute Gasteiger partial charge is 0.221 e. The summed E-state index contributed by atoms with van der Waals surface area (Å²) in [6, 6.07) is 0.323. The number of hydrogen-bond donors (Lipinski definition) is 2. The predicted octanol–water partition coefficient (Wildman–Crippen LogP) is 1.12. The van der Waals surface area contributed by atoms with Crippen molar-refractivity contribution in [3.8, 4) is 0 Å². The number of piperidine rings is 1. The molecule has 1 saturated heterocycles. The first-order chi connectivity index (χ1) is 9.06. The van der Waals surface area contributed by atoms with E-state index in [2.05, 4.69) is 22.7 Å². The first kappa shape index (κ1) is 14.1. The van der Waals surface area contributed by atoms with E-state index in [4.69, 9.17) is 0 Å². The maximum atomic E-state index is 12.0. The molecule has 1 aromatic heterocycles. The van der Waals surface area contributed by atoms with Crippen LogP contribution in [-0.2, 0) is 18.4 Å². The Morgan fingerprint density at radius 3 is 3.05 bits per heavy atom. The second-order valence-electron chi connectivity index (χ2n) is 5.57. The first-order valence-corrected chi connectivity index (χ1v) is 7.05. The zero-order valence-corrected chi connectivity index (χ0v) is 12.1. The fourth-order valence-corrected chi connectivity index (χ4v) is 2.68. The van der Waals surface area contributed by atoms with Crippen LogP contribution in [0.15, 0.2) is 6.20 Å². The zero-order chi connectivity index (χ0) is 13.8. The molecule has 2 N–H and O–H groups in total. The number of hydrogen-bond acceptors (Lipinski definition) is 3. The number of carbonyl (C=O) groups excluding carboxylic acids is 1. The summed E-state index contributed by atoms with van der Waals surface area (Å²) in [5.41, 5.74) is 2.06. The minimum atomic E-state index is 0.120. The van der Waals surface area contributed by atoms with Crippen molar-refractivity contribution in [2.75, 3.05) is 6.54 Å². The van der Waals surface area contributed by atoms with Gasteiger partial charge in [-0.1, -0.05) is 6.92 Å². The molecule has 5 heteroatoms. The van der Waals surface area contributed by atoms with Crippen LogP contribution in [0.4, 0.5) is 0 Å². The minimum Gasteiger partial charge on any atom is -0.352 e. The van der Waals surface area contributed by atoms with Crippen molar-refractivity contribution >= 4 is 5.91 Å². The highest BCUT2D eigenvalue weighted by Gasteiger charge is 2.23. The molecular formula is C14H24N4O. The average molecular weight is 264 g/mol.